The van der Waals surface area contributed by atoms with Crippen molar-refractivity contribution >= 4 is 14.3 Å². The molecule has 0 radical (unpaired) electrons. The summed E-state index contributed by atoms with van der Waals surface area (Å²) in [4.78, 5) is 12.6. The maximum atomic E-state index is 12.6. The topological polar surface area (TPSA) is 83.5 Å². The molecule has 1 aliphatic rings. The highest BCUT2D eigenvalue weighted by Crippen LogP contribution is 2.41. The molecule has 8 heteroatoms. The Morgan fingerprint density at radius 3 is 2.03 bits per heavy atom. The second-order valence-corrected chi connectivity index (χ2v) is 15.3. The van der Waals surface area contributed by atoms with Gasteiger partial charge in [-0.1, -0.05) is 26.8 Å². The monoisotopic (exact) mass is 502 g/mol. The van der Waals surface area contributed by atoms with E-state index in [2.05, 4.69) is 33.9 Å². The Balaban J connectivity index is 1.80. The summed E-state index contributed by atoms with van der Waals surface area (Å²) in [6.45, 7) is 11.4. The molecule has 1 aliphatic heterocycles. The predicted molar refractivity (Wildman–Crippen MR) is 137 cm³/mol. The Morgan fingerprint density at radius 1 is 0.914 bits per heavy atom. The smallest absolute Gasteiger partial charge is 0.309 e. The Kier molecular flexibility index (Phi) is 7.94. The van der Waals surface area contributed by atoms with Crippen molar-refractivity contribution in [2.45, 2.75) is 51.7 Å². The molecule has 3 rings (SSSR count). The fraction of sp³-hybridized carbons (Fsp3) is 0.519. The summed E-state index contributed by atoms with van der Waals surface area (Å²) >= 11 is 0. The van der Waals surface area contributed by atoms with Gasteiger partial charge in [-0.05, 0) is 66.4 Å². The lowest BCUT2D eigenvalue weighted by Crippen LogP contribution is -2.43. The largest absolute Gasteiger partial charge is 0.541 e. The minimum Gasteiger partial charge on any atom is -0.541 e. The fourth-order valence-electron chi connectivity index (χ4n) is 4.03. The number of carbonyl (C=O) groups is 1. The van der Waals surface area contributed by atoms with Crippen molar-refractivity contribution in [1.82, 2.24) is 0 Å². The molecule has 0 amide bonds. The van der Waals surface area contributed by atoms with Crippen LogP contribution in [-0.2, 0) is 22.4 Å². The van der Waals surface area contributed by atoms with Gasteiger partial charge in [0.05, 0.1) is 33.9 Å². The van der Waals surface area contributed by atoms with Gasteiger partial charge in [-0.3, -0.25) is 4.79 Å². The number of phenols is 1. The van der Waals surface area contributed by atoms with Crippen molar-refractivity contribution in [3.63, 3.8) is 0 Å². The molecular weight excluding hydrogens is 464 g/mol. The Morgan fingerprint density at radius 2 is 1.49 bits per heavy atom. The van der Waals surface area contributed by atoms with E-state index in [1.54, 1.807) is 19.2 Å². The highest BCUT2D eigenvalue weighted by atomic mass is 28.4. The fourth-order valence-corrected chi connectivity index (χ4v) is 5.05. The Bertz CT molecular complexity index is 1030. The highest BCUT2D eigenvalue weighted by Gasteiger charge is 2.40. The van der Waals surface area contributed by atoms with Crippen LogP contribution in [-0.4, -0.2) is 47.3 Å². The molecule has 7 nitrogen and oxygen atoms in total. The van der Waals surface area contributed by atoms with Crippen molar-refractivity contribution in [2.75, 3.05) is 27.9 Å². The van der Waals surface area contributed by atoms with Gasteiger partial charge in [-0.2, -0.15) is 0 Å². The Labute approximate surface area is 209 Å². The molecule has 35 heavy (non-hydrogen) atoms. The van der Waals surface area contributed by atoms with Crippen LogP contribution in [0.4, 0.5) is 0 Å². The van der Waals surface area contributed by atoms with Gasteiger partial charge < -0.3 is 28.5 Å². The molecule has 1 saturated heterocycles. The van der Waals surface area contributed by atoms with Crippen LogP contribution in [0.25, 0.3) is 0 Å². The molecule has 2 aromatic rings. The normalized spacial score (nSPS) is 18.2. The lowest BCUT2D eigenvalue weighted by molar-refractivity contribution is -0.141. The van der Waals surface area contributed by atoms with Crippen molar-refractivity contribution in [3.05, 3.63) is 41.5 Å². The van der Waals surface area contributed by atoms with Crippen molar-refractivity contribution in [3.8, 4) is 28.7 Å². The molecule has 2 aromatic carbocycles. The zero-order valence-corrected chi connectivity index (χ0v) is 23.1. The summed E-state index contributed by atoms with van der Waals surface area (Å²) in [5.74, 6) is 1.48. The maximum absolute atomic E-state index is 12.6. The number of hydrogen-bond acceptors (Lipinski definition) is 7. The van der Waals surface area contributed by atoms with Gasteiger partial charge in [0.1, 0.15) is 5.75 Å². The van der Waals surface area contributed by atoms with E-state index < -0.39 is 8.32 Å². The lowest BCUT2D eigenvalue weighted by Gasteiger charge is -2.36. The van der Waals surface area contributed by atoms with E-state index in [0.717, 1.165) is 16.9 Å². The van der Waals surface area contributed by atoms with Crippen molar-refractivity contribution in [2.24, 2.45) is 11.8 Å². The van der Waals surface area contributed by atoms with Crippen LogP contribution < -0.4 is 18.6 Å². The van der Waals surface area contributed by atoms with Crippen LogP contribution in [0.15, 0.2) is 30.3 Å². The molecule has 2 unspecified atom stereocenters. The first-order chi connectivity index (χ1) is 16.4. The lowest BCUT2D eigenvalue weighted by atomic mass is 9.85. The van der Waals surface area contributed by atoms with Crippen LogP contribution in [0.5, 0.6) is 28.7 Å². The number of esters is 1. The first-order valence-electron chi connectivity index (χ1n) is 11.9. The van der Waals surface area contributed by atoms with Crippen LogP contribution in [0.3, 0.4) is 0 Å². The van der Waals surface area contributed by atoms with Gasteiger partial charge >= 0.3 is 5.97 Å². The molecule has 0 aliphatic carbocycles. The van der Waals surface area contributed by atoms with Gasteiger partial charge in [0, 0.05) is 5.92 Å². The van der Waals surface area contributed by atoms with Crippen LogP contribution in [0, 0.1) is 11.8 Å². The average Bonchev–Trinajstić information content (AvgIpc) is 3.13. The summed E-state index contributed by atoms with van der Waals surface area (Å²) < 4.78 is 28.1. The van der Waals surface area contributed by atoms with Gasteiger partial charge in [-0.25, -0.2) is 0 Å². The standard InChI is InChI=1S/C27H38O7Si/c1-27(2,3)35(7,8)34-21-10-9-17(13-22(21)30-4)11-19-16-33-26(29)20(19)12-18-14-23(31-5)25(28)24(15-18)32-6/h9-10,13-15,19-20,28H,11-12,16H2,1-8H3. The molecule has 0 saturated carbocycles. The SMILES string of the molecule is COc1cc(CC2COC(=O)C2Cc2cc(OC)c(O)c(OC)c2)ccc1O[Si](C)(C)C(C)(C)C. The second-order valence-electron chi connectivity index (χ2n) is 10.6. The summed E-state index contributed by atoms with van der Waals surface area (Å²) in [5.41, 5.74) is 1.89. The molecule has 0 spiro atoms. The number of benzene rings is 2. The van der Waals surface area contributed by atoms with Crippen LogP contribution in [0.1, 0.15) is 31.9 Å². The number of ether oxygens (including phenoxy) is 4. The summed E-state index contributed by atoms with van der Waals surface area (Å²) in [6.07, 6.45) is 1.12. The van der Waals surface area contributed by atoms with Gasteiger partial charge in [0.15, 0.2) is 17.2 Å². The summed E-state index contributed by atoms with van der Waals surface area (Å²) in [7, 11) is 2.60. The van der Waals surface area contributed by atoms with E-state index in [9.17, 15) is 9.90 Å². The quantitative estimate of drug-likeness (QED) is 0.364. The third-order valence-electron chi connectivity index (χ3n) is 7.20. The van der Waals surface area contributed by atoms with Gasteiger partial charge in [0.25, 0.3) is 8.32 Å². The molecule has 192 valence electrons. The zero-order valence-electron chi connectivity index (χ0n) is 22.1. The Hall–Kier alpha value is -2.87. The minimum absolute atomic E-state index is 0.00478. The number of methoxy groups -OCH3 is 3. The average molecular weight is 503 g/mol. The predicted octanol–water partition coefficient (Wildman–Crippen LogP) is 5.38. The molecule has 1 N–H and O–H groups in total. The summed E-state index contributed by atoms with van der Waals surface area (Å²) in [6, 6.07) is 9.47. The summed E-state index contributed by atoms with van der Waals surface area (Å²) in [5, 5.41) is 10.3. The van der Waals surface area contributed by atoms with Crippen LogP contribution >= 0.6 is 0 Å². The number of cyclic esters (lactones) is 1. The van der Waals surface area contributed by atoms with E-state index in [-0.39, 0.29) is 28.6 Å². The second kappa shape index (κ2) is 10.4. The molecule has 0 bridgehead atoms. The number of carbonyl (C=O) groups excluding carboxylic acids is 1. The molecular formula is C27H38O7Si. The number of rotatable bonds is 9. The van der Waals surface area contributed by atoms with Gasteiger partial charge in [0.2, 0.25) is 5.75 Å². The third kappa shape index (κ3) is 5.86. The third-order valence-corrected chi connectivity index (χ3v) is 11.5. The van der Waals surface area contributed by atoms with E-state index >= 15 is 0 Å². The maximum Gasteiger partial charge on any atom is 0.309 e. The minimum atomic E-state index is -2.01. The highest BCUT2D eigenvalue weighted by molar-refractivity contribution is 6.74. The number of phenolic OH excluding ortho intramolecular Hbond substituents is 1. The van der Waals surface area contributed by atoms with E-state index in [1.807, 2.05) is 18.2 Å². The van der Waals surface area contributed by atoms with E-state index in [4.69, 9.17) is 23.4 Å². The first kappa shape index (κ1) is 26.7. The van der Waals surface area contributed by atoms with Crippen LogP contribution in [0.2, 0.25) is 18.1 Å². The van der Waals surface area contributed by atoms with E-state index in [1.165, 1.54) is 14.2 Å². The van der Waals surface area contributed by atoms with Gasteiger partial charge in [-0.15, -0.1) is 0 Å². The number of hydrogen-bond donors (Lipinski definition) is 1. The van der Waals surface area contributed by atoms with E-state index in [0.29, 0.717) is 36.7 Å². The number of aromatic hydroxyl groups is 1. The first-order valence-corrected chi connectivity index (χ1v) is 14.8. The zero-order chi connectivity index (χ0) is 26.0. The molecule has 0 aromatic heterocycles. The molecule has 2 atom stereocenters. The van der Waals surface area contributed by atoms with Crippen molar-refractivity contribution < 1.29 is 33.3 Å². The molecule has 1 fully saturated rings. The molecule has 1 heterocycles. The van der Waals surface area contributed by atoms with Crippen molar-refractivity contribution in [1.29, 1.82) is 0 Å².